The topological polar surface area (TPSA) is 58.7 Å². The van der Waals surface area contributed by atoms with E-state index in [2.05, 4.69) is 0 Å². The van der Waals surface area contributed by atoms with E-state index in [1.54, 1.807) is 0 Å². The van der Waals surface area contributed by atoms with Crippen molar-refractivity contribution in [3.8, 4) is 0 Å². The van der Waals surface area contributed by atoms with Crippen molar-refractivity contribution < 1.29 is 6.15 Å². The Kier molecular flexibility index (Phi) is 183. The van der Waals surface area contributed by atoms with Gasteiger partial charge in [0.15, 0.2) is 0 Å². The standard InChI is InChI=1S/He.N3/c;1-3-2/q;-1. The maximum Gasteiger partial charge on any atom is 0 e. The molecule has 0 fully saturated rings. The van der Waals surface area contributed by atoms with Crippen molar-refractivity contribution in [3.05, 3.63) is 16.0 Å². The minimum Gasteiger partial charge on any atom is -0.373 e. The first-order valence-electron chi connectivity index (χ1n) is 0.400. The molecule has 0 aliphatic heterocycles. The average Bonchev–Trinajstić information content (AvgIpc) is 0.918. The van der Waals surface area contributed by atoms with E-state index in [0.717, 1.165) is 0 Å². The van der Waals surface area contributed by atoms with Gasteiger partial charge in [-0.15, -0.1) is 0 Å². The van der Waals surface area contributed by atoms with Crippen molar-refractivity contribution in [2.45, 2.75) is 0 Å². The average molecular weight is 46.0 g/mol. The minimum atomic E-state index is 0. The van der Waals surface area contributed by atoms with Gasteiger partial charge in [0.05, 0.1) is 0 Å². The van der Waals surface area contributed by atoms with E-state index in [1.807, 2.05) is 0 Å². The van der Waals surface area contributed by atoms with Crippen molar-refractivity contribution in [3.63, 3.8) is 0 Å². The molecule has 0 bridgehead atoms. The van der Waals surface area contributed by atoms with E-state index >= 15 is 0 Å². The van der Waals surface area contributed by atoms with Crippen LogP contribution in [-0.4, -0.2) is 0 Å². The molecule has 0 rings (SSSR count). The zero-order chi connectivity index (χ0) is 2.71. The zero-order valence-corrected chi connectivity index (χ0v) is 2.05. The van der Waals surface area contributed by atoms with E-state index in [1.165, 1.54) is 4.91 Å². The van der Waals surface area contributed by atoms with E-state index in [4.69, 9.17) is 11.1 Å². The maximum atomic E-state index is 6.75. The van der Waals surface area contributed by atoms with Gasteiger partial charge in [-0.25, -0.2) is 0 Å². The second kappa shape index (κ2) is 68.7. The van der Waals surface area contributed by atoms with Gasteiger partial charge in [-0.1, -0.05) is 0 Å². The van der Waals surface area contributed by atoms with Gasteiger partial charge >= 0.3 is 0 Å². The predicted octanol–water partition coefficient (Wildman–Crippen LogP) is 0.866. The quantitative estimate of drug-likeness (QED) is 0.221. The van der Waals surface area contributed by atoms with Crippen molar-refractivity contribution in [1.82, 2.24) is 0 Å². The van der Waals surface area contributed by atoms with Gasteiger partial charge in [-0.2, -0.15) is 0 Å². The Morgan fingerprint density at radius 2 is 1.25 bits per heavy atom. The SMILES string of the molecule is [He].[N-]=[N+]=[N-]. The van der Waals surface area contributed by atoms with E-state index in [0.29, 0.717) is 0 Å². The van der Waals surface area contributed by atoms with Crippen LogP contribution in [-0.2, 0) is 0 Å². The van der Waals surface area contributed by atoms with Crippen molar-refractivity contribution in [1.29, 1.82) is 0 Å². The minimum absolute atomic E-state index is 0. The van der Waals surface area contributed by atoms with Crippen LogP contribution in [0.2, 0.25) is 0 Å². The van der Waals surface area contributed by atoms with E-state index in [9.17, 15) is 0 Å². The molecule has 0 aliphatic carbocycles. The summed E-state index contributed by atoms with van der Waals surface area (Å²) in [4.78, 5) is 1.50. The number of rotatable bonds is 0. The van der Waals surface area contributed by atoms with Crippen LogP contribution in [0.4, 0.5) is 0 Å². The van der Waals surface area contributed by atoms with Gasteiger partial charge in [0.2, 0.25) is 0 Å². The molecule has 3 nitrogen and oxygen atoms in total. The molecule has 0 aromatic heterocycles. The smallest absolute Gasteiger partial charge is 0 e. The van der Waals surface area contributed by atoms with Crippen LogP contribution in [0.3, 0.4) is 0 Å². The second-order valence-corrected chi connectivity index (χ2v) is 0.0894. The monoisotopic (exact) mass is 46.0 g/mol. The third kappa shape index (κ3) is 0.0960. The molecule has 0 aromatic carbocycles. The van der Waals surface area contributed by atoms with Crippen molar-refractivity contribution in [2.24, 2.45) is 0 Å². The Hall–Kier alpha value is -0.781. The molecule has 18 valence electrons. The van der Waals surface area contributed by atoms with E-state index < -0.39 is 0 Å². The first kappa shape index (κ1) is 10.7. The Morgan fingerprint density at radius 3 is 1.25 bits per heavy atom. The Bertz CT molecular complexity index is 24.3. The van der Waals surface area contributed by atoms with Crippen LogP contribution < -0.4 is 0 Å². The van der Waals surface area contributed by atoms with Gasteiger partial charge in [-0.3, -0.25) is 4.91 Å². The third-order valence-corrected chi connectivity index (χ3v) is 0. The van der Waals surface area contributed by atoms with Gasteiger partial charge in [0.25, 0.3) is 0 Å². The Labute approximate surface area is 23.4 Å². The normalized spacial score (nSPS) is 2.00. The molecule has 0 N–H and O–H groups in total. The molecule has 0 atom stereocenters. The van der Waals surface area contributed by atoms with Crippen LogP contribution in [0, 0.1) is 6.15 Å². The first-order chi connectivity index (χ1) is 1.41. The fourth-order valence-electron chi connectivity index (χ4n) is 0. The summed E-state index contributed by atoms with van der Waals surface area (Å²) < 4.78 is 0. The molecule has 0 unspecified atom stereocenters. The zero-order valence-electron chi connectivity index (χ0n) is 2.05. The third-order valence-electron chi connectivity index (χ3n) is 0. The molecule has 0 aromatic rings. The summed E-state index contributed by atoms with van der Waals surface area (Å²) in [7, 11) is 0. The number of hydrogen-bond donors (Lipinski definition) is 0. The van der Waals surface area contributed by atoms with Crippen molar-refractivity contribution in [2.75, 3.05) is 0 Å². The molecule has 0 amide bonds. The summed E-state index contributed by atoms with van der Waals surface area (Å²) in [5.74, 6) is 0. The molecule has 4 heteroatoms. The van der Waals surface area contributed by atoms with Crippen LogP contribution >= 0.6 is 0 Å². The molecule has 0 spiro atoms. The maximum absolute atomic E-state index is 6.75. The summed E-state index contributed by atoms with van der Waals surface area (Å²) in [6, 6.07) is 0. The van der Waals surface area contributed by atoms with Crippen LogP contribution in [0.25, 0.3) is 16.0 Å². The summed E-state index contributed by atoms with van der Waals surface area (Å²) >= 11 is 0. The second-order valence-electron chi connectivity index (χ2n) is 0.0894. The summed E-state index contributed by atoms with van der Waals surface area (Å²) in [6.45, 7) is 0. The molecule has 0 aliphatic rings. The largest absolute Gasteiger partial charge is 0.373 e. The van der Waals surface area contributed by atoms with Gasteiger partial charge < -0.3 is 11.1 Å². The van der Waals surface area contributed by atoms with Gasteiger partial charge in [-0.05, 0) is 0 Å². The first-order valence-corrected chi connectivity index (χ1v) is 0.400. The predicted molar refractivity (Wildman–Crippen MR) is 10.1 cm³/mol. The van der Waals surface area contributed by atoms with E-state index in [-0.39, 0.29) is 6.15 Å². The van der Waals surface area contributed by atoms with Crippen LogP contribution in [0.15, 0.2) is 0 Å². The molecular weight excluding hydrogens is 46.0 g/mol. The fraction of sp³-hybridized carbons (Fsp3) is 0. The summed E-state index contributed by atoms with van der Waals surface area (Å²) in [5.41, 5.74) is 13.5. The number of hydrogen-bond acceptors (Lipinski definition) is 0. The molecule has 0 radical (unpaired) electrons. The van der Waals surface area contributed by atoms with Crippen molar-refractivity contribution >= 4 is 0 Å². The van der Waals surface area contributed by atoms with Crippen LogP contribution in [0.5, 0.6) is 0 Å². The van der Waals surface area contributed by atoms with Gasteiger partial charge in [0, 0.05) is 6.15 Å². The molecule has 0 saturated heterocycles. The van der Waals surface area contributed by atoms with Gasteiger partial charge in [0.1, 0.15) is 0 Å². The summed E-state index contributed by atoms with van der Waals surface area (Å²) in [6.07, 6.45) is 0. The molecule has 0 saturated carbocycles. The fourth-order valence-corrected chi connectivity index (χ4v) is 0. The molecule has 0 heterocycles. The van der Waals surface area contributed by atoms with Crippen LogP contribution in [0.1, 0.15) is 0 Å². The Balaban J connectivity index is 0. The number of nitrogens with zero attached hydrogens (tertiary/aromatic N) is 3. The molecule has 4 heavy (non-hydrogen) atoms. The summed E-state index contributed by atoms with van der Waals surface area (Å²) in [5, 5.41) is 0. The Morgan fingerprint density at radius 1 is 1.25 bits per heavy atom. The molecular formula is HeN3-.